The highest BCUT2D eigenvalue weighted by molar-refractivity contribution is 7.89. The maximum absolute atomic E-state index is 12.7. The van der Waals surface area contributed by atoms with Crippen LogP contribution in [0.5, 0.6) is 0 Å². The van der Waals surface area contributed by atoms with Crippen LogP contribution in [0.4, 0.5) is 13.2 Å². The third kappa shape index (κ3) is 3.29. The first-order chi connectivity index (χ1) is 9.25. The lowest BCUT2D eigenvalue weighted by molar-refractivity contribution is -0.182. The first-order valence-corrected chi connectivity index (χ1v) is 8.81. The zero-order chi connectivity index (χ0) is 15.0. The van der Waals surface area contributed by atoms with Gasteiger partial charge in [0.2, 0.25) is 10.0 Å². The molecule has 1 atom stereocenters. The van der Waals surface area contributed by atoms with Crippen LogP contribution in [0.3, 0.4) is 0 Å². The van der Waals surface area contributed by atoms with Crippen LogP contribution in [0, 0.1) is 5.92 Å². The standard InChI is InChI=1S/C11H13ClF3NO2S2/c12-5-9-4-10(7-19-9)20(17,18)16-3-1-2-8(6-16)11(13,14)15/h4,7-8H,1-3,5-6H2. The number of thiophene rings is 1. The van der Waals surface area contributed by atoms with E-state index in [4.69, 9.17) is 11.6 Å². The predicted octanol–water partition coefficient (Wildman–Crippen LogP) is 3.45. The minimum Gasteiger partial charge on any atom is -0.207 e. The van der Waals surface area contributed by atoms with Crippen LogP contribution in [0.25, 0.3) is 0 Å². The maximum Gasteiger partial charge on any atom is 0.393 e. The van der Waals surface area contributed by atoms with Crippen LogP contribution in [0.15, 0.2) is 16.3 Å². The van der Waals surface area contributed by atoms with Crippen molar-refractivity contribution >= 4 is 33.0 Å². The molecule has 114 valence electrons. The molecule has 1 aliphatic heterocycles. The number of piperidine rings is 1. The minimum absolute atomic E-state index is 0.0217. The summed E-state index contributed by atoms with van der Waals surface area (Å²) in [4.78, 5) is 0.704. The Kier molecular flexibility index (Phi) is 4.68. The summed E-state index contributed by atoms with van der Waals surface area (Å²) in [6, 6.07) is 1.42. The van der Waals surface area contributed by atoms with Crippen LogP contribution in [-0.2, 0) is 15.9 Å². The van der Waals surface area contributed by atoms with Gasteiger partial charge in [0, 0.05) is 23.3 Å². The molecule has 0 saturated carbocycles. The predicted molar refractivity (Wildman–Crippen MR) is 71.4 cm³/mol. The van der Waals surface area contributed by atoms with Gasteiger partial charge >= 0.3 is 6.18 Å². The van der Waals surface area contributed by atoms with Crippen molar-refractivity contribution in [2.45, 2.75) is 29.8 Å². The molecule has 1 saturated heterocycles. The Hall–Kier alpha value is -0.310. The van der Waals surface area contributed by atoms with Gasteiger partial charge in [0.1, 0.15) is 0 Å². The van der Waals surface area contributed by atoms with Crippen molar-refractivity contribution in [3.05, 3.63) is 16.3 Å². The quantitative estimate of drug-likeness (QED) is 0.785. The van der Waals surface area contributed by atoms with Crippen molar-refractivity contribution in [1.82, 2.24) is 4.31 Å². The number of hydrogen-bond acceptors (Lipinski definition) is 3. The molecule has 1 aromatic heterocycles. The zero-order valence-electron chi connectivity index (χ0n) is 10.4. The molecule has 0 aromatic carbocycles. The fourth-order valence-electron chi connectivity index (χ4n) is 2.14. The molecular weight excluding hydrogens is 335 g/mol. The monoisotopic (exact) mass is 347 g/mol. The molecule has 9 heteroatoms. The van der Waals surface area contributed by atoms with E-state index in [2.05, 4.69) is 0 Å². The lowest BCUT2D eigenvalue weighted by Crippen LogP contribution is -2.44. The number of hydrogen-bond donors (Lipinski definition) is 0. The normalized spacial score (nSPS) is 22.1. The summed E-state index contributed by atoms with van der Waals surface area (Å²) >= 11 is 6.80. The smallest absolute Gasteiger partial charge is 0.207 e. The first kappa shape index (κ1) is 16.1. The van der Waals surface area contributed by atoms with Crippen molar-refractivity contribution in [3.63, 3.8) is 0 Å². The van der Waals surface area contributed by atoms with Gasteiger partial charge < -0.3 is 0 Å². The van der Waals surface area contributed by atoms with E-state index in [0.29, 0.717) is 4.88 Å². The molecule has 0 amide bonds. The Morgan fingerprint density at radius 2 is 2.15 bits per heavy atom. The number of sulfonamides is 1. The summed E-state index contributed by atoms with van der Waals surface area (Å²) in [5, 5.41) is 1.42. The second-order valence-electron chi connectivity index (χ2n) is 4.63. The second kappa shape index (κ2) is 5.82. The average molecular weight is 348 g/mol. The zero-order valence-corrected chi connectivity index (χ0v) is 12.7. The Bertz CT molecular complexity index is 570. The number of nitrogens with zero attached hydrogens (tertiary/aromatic N) is 1. The van der Waals surface area contributed by atoms with E-state index >= 15 is 0 Å². The molecule has 3 nitrogen and oxygen atoms in total. The Morgan fingerprint density at radius 3 is 2.70 bits per heavy atom. The van der Waals surface area contributed by atoms with Crippen LogP contribution in [0.1, 0.15) is 17.7 Å². The van der Waals surface area contributed by atoms with Crippen LogP contribution in [-0.4, -0.2) is 32.0 Å². The molecule has 0 radical (unpaired) electrons. The number of alkyl halides is 4. The average Bonchev–Trinajstić information content (AvgIpc) is 2.87. The van der Waals surface area contributed by atoms with E-state index in [1.807, 2.05) is 0 Å². The van der Waals surface area contributed by atoms with E-state index in [-0.39, 0.29) is 30.2 Å². The molecule has 1 fully saturated rings. The largest absolute Gasteiger partial charge is 0.393 e. The molecule has 0 N–H and O–H groups in total. The number of rotatable bonds is 3. The van der Waals surface area contributed by atoms with Crippen LogP contribution in [0.2, 0.25) is 0 Å². The lowest BCUT2D eigenvalue weighted by Gasteiger charge is -2.32. The highest BCUT2D eigenvalue weighted by Crippen LogP contribution is 2.35. The van der Waals surface area contributed by atoms with E-state index in [1.165, 1.54) is 22.8 Å². The van der Waals surface area contributed by atoms with E-state index < -0.39 is 28.7 Å². The third-order valence-electron chi connectivity index (χ3n) is 3.25. The van der Waals surface area contributed by atoms with Crippen molar-refractivity contribution in [2.75, 3.05) is 13.1 Å². The van der Waals surface area contributed by atoms with Gasteiger partial charge in [0.05, 0.1) is 16.7 Å². The second-order valence-corrected chi connectivity index (χ2v) is 7.83. The van der Waals surface area contributed by atoms with E-state index in [1.54, 1.807) is 0 Å². The molecule has 1 unspecified atom stereocenters. The maximum atomic E-state index is 12.7. The van der Waals surface area contributed by atoms with Gasteiger partial charge in [-0.05, 0) is 18.9 Å². The van der Waals surface area contributed by atoms with Crippen LogP contribution < -0.4 is 0 Å². The van der Waals surface area contributed by atoms with E-state index in [9.17, 15) is 21.6 Å². The molecule has 0 spiro atoms. The fourth-order valence-corrected chi connectivity index (χ4v) is 5.04. The molecule has 2 rings (SSSR count). The van der Waals surface area contributed by atoms with Crippen molar-refractivity contribution in [1.29, 1.82) is 0 Å². The summed E-state index contributed by atoms with van der Waals surface area (Å²) in [7, 11) is -3.86. The first-order valence-electron chi connectivity index (χ1n) is 5.95. The Balaban J connectivity index is 2.21. The highest BCUT2D eigenvalue weighted by atomic mass is 35.5. The molecule has 0 aliphatic carbocycles. The van der Waals surface area contributed by atoms with Gasteiger partial charge in [0.25, 0.3) is 0 Å². The fraction of sp³-hybridized carbons (Fsp3) is 0.636. The summed E-state index contributed by atoms with van der Waals surface area (Å²) in [6.07, 6.45) is -4.16. The molecule has 1 aromatic rings. The van der Waals surface area contributed by atoms with Crippen molar-refractivity contribution in [3.8, 4) is 0 Å². The Morgan fingerprint density at radius 1 is 1.45 bits per heavy atom. The lowest BCUT2D eigenvalue weighted by atomic mass is 9.99. The molecular formula is C11H13ClF3NO2S2. The number of halogens is 4. The highest BCUT2D eigenvalue weighted by Gasteiger charge is 2.44. The SMILES string of the molecule is O=S(=O)(c1csc(CCl)c1)N1CCCC(C(F)(F)F)C1. The van der Waals surface area contributed by atoms with Crippen molar-refractivity contribution < 1.29 is 21.6 Å². The van der Waals surface area contributed by atoms with E-state index in [0.717, 1.165) is 4.31 Å². The van der Waals surface area contributed by atoms with Gasteiger partial charge in [-0.25, -0.2) is 8.42 Å². The van der Waals surface area contributed by atoms with Crippen LogP contribution >= 0.6 is 22.9 Å². The Labute approximate surface area is 124 Å². The van der Waals surface area contributed by atoms with Gasteiger partial charge in [-0.1, -0.05) is 0 Å². The third-order valence-corrected chi connectivity index (χ3v) is 6.62. The molecule has 1 aliphatic rings. The summed E-state index contributed by atoms with van der Waals surface area (Å²) in [5.74, 6) is -1.40. The van der Waals surface area contributed by atoms with Gasteiger partial charge in [0.15, 0.2) is 0 Å². The summed E-state index contributed by atoms with van der Waals surface area (Å²) < 4.78 is 63.7. The topological polar surface area (TPSA) is 37.4 Å². The van der Waals surface area contributed by atoms with Gasteiger partial charge in [-0.15, -0.1) is 22.9 Å². The summed E-state index contributed by atoms with van der Waals surface area (Å²) in [5.41, 5.74) is 0. The molecule has 20 heavy (non-hydrogen) atoms. The van der Waals surface area contributed by atoms with Gasteiger partial charge in [-0.2, -0.15) is 17.5 Å². The minimum atomic E-state index is -4.36. The van der Waals surface area contributed by atoms with Crippen molar-refractivity contribution in [2.24, 2.45) is 5.92 Å². The molecule has 2 heterocycles. The molecule has 0 bridgehead atoms. The van der Waals surface area contributed by atoms with Gasteiger partial charge in [-0.3, -0.25) is 0 Å². The summed E-state index contributed by atoms with van der Waals surface area (Å²) in [6.45, 7) is -0.376.